The lowest BCUT2D eigenvalue weighted by Crippen LogP contribution is -2.29. The van der Waals surface area contributed by atoms with Gasteiger partial charge in [0.05, 0.1) is 0 Å². The van der Waals surface area contributed by atoms with Crippen molar-refractivity contribution >= 4 is 18.0 Å². The van der Waals surface area contributed by atoms with Gasteiger partial charge in [-0.05, 0) is 34.6 Å². The Morgan fingerprint density at radius 3 is 1.73 bits per heavy atom. The molecule has 0 atom stereocenters. The summed E-state index contributed by atoms with van der Waals surface area (Å²) >= 11 is 0. The SMILES string of the molecule is CC(C)(C)c1cc(C=C2C(=O)OC(c3ccccc3)OC2=O)cc(C(C)(C)C)c1O. The zero-order valence-electron chi connectivity index (χ0n) is 18.3. The van der Waals surface area contributed by atoms with Crippen LogP contribution >= 0.6 is 0 Å². The maximum atomic E-state index is 12.6. The molecule has 0 radical (unpaired) electrons. The van der Waals surface area contributed by atoms with Crippen molar-refractivity contribution in [2.24, 2.45) is 0 Å². The number of ether oxygens (including phenoxy) is 2. The van der Waals surface area contributed by atoms with Gasteiger partial charge in [0.1, 0.15) is 11.3 Å². The van der Waals surface area contributed by atoms with Crippen LogP contribution in [-0.4, -0.2) is 17.0 Å². The van der Waals surface area contributed by atoms with Crippen LogP contribution in [0, 0.1) is 0 Å². The molecule has 0 spiro atoms. The molecule has 0 aliphatic carbocycles. The van der Waals surface area contributed by atoms with Crippen LogP contribution in [0.15, 0.2) is 48.0 Å². The molecule has 5 heteroatoms. The molecule has 0 aromatic heterocycles. The summed E-state index contributed by atoms with van der Waals surface area (Å²) in [6.07, 6.45) is 0.411. The molecule has 5 nitrogen and oxygen atoms in total. The quantitative estimate of drug-likeness (QED) is 0.422. The second kappa shape index (κ2) is 7.63. The molecular formula is C25H28O5. The van der Waals surface area contributed by atoms with Crippen LogP contribution in [0.25, 0.3) is 6.08 Å². The van der Waals surface area contributed by atoms with Gasteiger partial charge in [-0.3, -0.25) is 0 Å². The molecule has 2 aromatic carbocycles. The minimum atomic E-state index is -1.06. The van der Waals surface area contributed by atoms with E-state index in [1.165, 1.54) is 6.08 Å². The van der Waals surface area contributed by atoms with Crippen LogP contribution in [-0.2, 0) is 29.9 Å². The van der Waals surface area contributed by atoms with Gasteiger partial charge in [0, 0.05) is 16.7 Å². The maximum Gasteiger partial charge on any atom is 0.348 e. The van der Waals surface area contributed by atoms with Gasteiger partial charge in [-0.15, -0.1) is 0 Å². The molecule has 3 rings (SSSR count). The van der Waals surface area contributed by atoms with Crippen LogP contribution in [0.5, 0.6) is 5.75 Å². The van der Waals surface area contributed by atoms with Crippen molar-refractivity contribution in [3.63, 3.8) is 0 Å². The third-order valence-corrected chi connectivity index (χ3v) is 5.00. The monoisotopic (exact) mass is 408 g/mol. The molecule has 1 aliphatic heterocycles. The van der Waals surface area contributed by atoms with Gasteiger partial charge >= 0.3 is 11.9 Å². The average molecular weight is 408 g/mol. The fourth-order valence-corrected chi connectivity index (χ4v) is 3.34. The molecule has 0 unspecified atom stereocenters. The lowest BCUT2D eigenvalue weighted by Gasteiger charge is -2.28. The molecule has 1 heterocycles. The first-order chi connectivity index (χ1) is 13.9. The number of esters is 2. The highest BCUT2D eigenvalue weighted by Gasteiger charge is 2.35. The van der Waals surface area contributed by atoms with Crippen molar-refractivity contribution in [1.29, 1.82) is 0 Å². The number of benzene rings is 2. The number of phenolic OH excluding ortho intramolecular Hbond substituents is 1. The molecule has 1 N–H and O–H groups in total. The molecule has 2 aromatic rings. The maximum absolute atomic E-state index is 12.6. The molecule has 1 saturated heterocycles. The third-order valence-electron chi connectivity index (χ3n) is 5.00. The molecular weight excluding hydrogens is 380 g/mol. The predicted molar refractivity (Wildman–Crippen MR) is 115 cm³/mol. The lowest BCUT2D eigenvalue weighted by molar-refractivity contribution is -0.195. The van der Waals surface area contributed by atoms with E-state index in [0.29, 0.717) is 11.1 Å². The molecule has 0 bridgehead atoms. The minimum Gasteiger partial charge on any atom is -0.507 e. The Hall–Kier alpha value is -3.08. The fraction of sp³-hybridized carbons (Fsp3) is 0.360. The zero-order chi connectivity index (χ0) is 22.3. The second-order valence-electron chi connectivity index (χ2n) is 9.58. The highest BCUT2D eigenvalue weighted by molar-refractivity contribution is 6.18. The first-order valence-electron chi connectivity index (χ1n) is 9.94. The van der Waals surface area contributed by atoms with Gasteiger partial charge in [-0.1, -0.05) is 71.9 Å². The summed E-state index contributed by atoms with van der Waals surface area (Å²) in [7, 11) is 0. The number of carbonyl (C=O) groups is 2. The van der Waals surface area contributed by atoms with E-state index in [2.05, 4.69) is 0 Å². The zero-order valence-corrected chi connectivity index (χ0v) is 18.3. The Morgan fingerprint density at radius 2 is 1.30 bits per heavy atom. The van der Waals surface area contributed by atoms with Crippen molar-refractivity contribution in [2.75, 3.05) is 0 Å². The van der Waals surface area contributed by atoms with Crippen LogP contribution in [0.3, 0.4) is 0 Å². The van der Waals surface area contributed by atoms with Crippen LogP contribution in [0.4, 0.5) is 0 Å². The van der Waals surface area contributed by atoms with E-state index in [1.54, 1.807) is 36.4 Å². The number of carbonyl (C=O) groups excluding carboxylic acids is 2. The largest absolute Gasteiger partial charge is 0.507 e. The van der Waals surface area contributed by atoms with Crippen molar-refractivity contribution < 1.29 is 24.2 Å². The Kier molecular flexibility index (Phi) is 5.50. The van der Waals surface area contributed by atoms with E-state index in [1.807, 2.05) is 47.6 Å². The summed E-state index contributed by atoms with van der Waals surface area (Å²) in [6.45, 7) is 12.0. The van der Waals surface area contributed by atoms with Gasteiger partial charge in [0.15, 0.2) is 0 Å². The van der Waals surface area contributed by atoms with Crippen molar-refractivity contribution in [2.45, 2.75) is 58.7 Å². The molecule has 1 aliphatic rings. The van der Waals surface area contributed by atoms with E-state index in [9.17, 15) is 14.7 Å². The summed E-state index contributed by atoms with van der Waals surface area (Å²) in [4.78, 5) is 25.2. The second-order valence-corrected chi connectivity index (χ2v) is 9.58. The third kappa shape index (κ3) is 4.40. The van der Waals surface area contributed by atoms with Crippen molar-refractivity contribution in [3.05, 3.63) is 70.3 Å². The Morgan fingerprint density at radius 1 is 0.833 bits per heavy atom. The summed E-state index contributed by atoms with van der Waals surface area (Å²) in [5.74, 6) is -1.24. The highest BCUT2D eigenvalue weighted by atomic mass is 16.7. The number of hydrogen-bond donors (Lipinski definition) is 1. The molecule has 158 valence electrons. The smallest absolute Gasteiger partial charge is 0.348 e. The van der Waals surface area contributed by atoms with E-state index < -0.39 is 18.2 Å². The van der Waals surface area contributed by atoms with Crippen LogP contribution in [0.2, 0.25) is 0 Å². The molecule has 1 fully saturated rings. The number of rotatable bonds is 2. The number of aromatic hydroxyl groups is 1. The van der Waals surface area contributed by atoms with E-state index in [4.69, 9.17) is 9.47 Å². The van der Waals surface area contributed by atoms with Crippen molar-refractivity contribution in [1.82, 2.24) is 0 Å². The summed E-state index contributed by atoms with van der Waals surface area (Å²) in [5, 5.41) is 10.9. The normalized spacial score (nSPS) is 17.4. The number of cyclic esters (lactones) is 2. The van der Waals surface area contributed by atoms with Gasteiger partial charge in [0.25, 0.3) is 6.29 Å². The van der Waals surface area contributed by atoms with E-state index >= 15 is 0 Å². The number of phenols is 1. The molecule has 0 amide bonds. The van der Waals surface area contributed by atoms with Crippen LogP contribution in [0.1, 0.15) is 70.1 Å². The first kappa shape index (κ1) is 21.6. The first-order valence-corrected chi connectivity index (χ1v) is 9.94. The lowest BCUT2D eigenvalue weighted by atomic mass is 9.78. The van der Waals surface area contributed by atoms with Gasteiger partial charge in [-0.25, -0.2) is 9.59 Å². The molecule has 0 saturated carbocycles. The molecule has 30 heavy (non-hydrogen) atoms. The average Bonchev–Trinajstić information content (AvgIpc) is 2.64. The predicted octanol–water partition coefficient (Wildman–Crippen LogP) is 5.17. The Bertz CT molecular complexity index is 949. The topological polar surface area (TPSA) is 72.8 Å². The Balaban J connectivity index is 2.02. The fourth-order valence-electron chi connectivity index (χ4n) is 3.34. The van der Waals surface area contributed by atoms with Gasteiger partial charge < -0.3 is 14.6 Å². The highest BCUT2D eigenvalue weighted by Crippen LogP contribution is 2.40. The van der Waals surface area contributed by atoms with Gasteiger partial charge in [-0.2, -0.15) is 0 Å². The Labute approximate surface area is 177 Å². The van der Waals surface area contributed by atoms with Crippen LogP contribution < -0.4 is 0 Å². The number of hydrogen-bond acceptors (Lipinski definition) is 5. The van der Waals surface area contributed by atoms with E-state index in [0.717, 1.165) is 11.1 Å². The standard InChI is InChI=1S/C25H28O5/c1-24(2,3)18-13-15(14-19(20(18)26)25(4,5)6)12-17-21(27)29-23(30-22(17)28)16-10-8-7-9-11-16/h7-14,23,26H,1-6H3. The summed E-state index contributed by atoms with van der Waals surface area (Å²) in [6, 6.07) is 12.4. The summed E-state index contributed by atoms with van der Waals surface area (Å²) in [5.41, 5.74) is 1.86. The van der Waals surface area contributed by atoms with Crippen molar-refractivity contribution in [3.8, 4) is 5.75 Å². The van der Waals surface area contributed by atoms with E-state index in [-0.39, 0.29) is 22.2 Å². The minimum absolute atomic E-state index is 0.174. The van der Waals surface area contributed by atoms with Gasteiger partial charge in [0.2, 0.25) is 0 Å². The summed E-state index contributed by atoms with van der Waals surface area (Å²) < 4.78 is 10.7.